The number of fused-ring (bicyclic) bond motifs is 5. The average Bonchev–Trinajstić information content (AvgIpc) is 3.16. The van der Waals surface area contributed by atoms with E-state index in [9.17, 15) is 24.5 Å². The third-order valence-electron chi connectivity index (χ3n) is 8.20. The van der Waals surface area contributed by atoms with Gasteiger partial charge in [-0.2, -0.15) is 0 Å². The number of nitrogens with one attached hydrogen (secondary N) is 2. The number of nitrogens with zero attached hydrogens (tertiary/aromatic N) is 3. The van der Waals surface area contributed by atoms with Gasteiger partial charge in [-0.1, -0.05) is 0 Å². The summed E-state index contributed by atoms with van der Waals surface area (Å²) in [6, 6.07) is 1.90. The van der Waals surface area contributed by atoms with Gasteiger partial charge in [0.2, 0.25) is 11.8 Å². The number of piperidine rings is 1. The van der Waals surface area contributed by atoms with E-state index in [-0.39, 0.29) is 24.3 Å². The molecule has 0 bridgehead atoms. The van der Waals surface area contributed by atoms with Crippen LogP contribution in [0.5, 0.6) is 0 Å². The van der Waals surface area contributed by atoms with Gasteiger partial charge in [0.05, 0.1) is 23.2 Å². The summed E-state index contributed by atoms with van der Waals surface area (Å²) in [5.74, 6) is -0.732. The molecule has 4 N–H and O–H groups in total. The van der Waals surface area contributed by atoms with Gasteiger partial charge in [-0.25, -0.2) is 4.79 Å². The number of nitro groups is 1. The maximum absolute atomic E-state index is 13.2. The van der Waals surface area contributed by atoms with Crippen molar-refractivity contribution in [1.29, 1.82) is 0 Å². The number of imide groups is 2. The topological polar surface area (TPSA) is 160 Å². The number of amides is 4. The molecule has 34 heavy (non-hydrogen) atoms. The van der Waals surface area contributed by atoms with Gasteiger partial charge in [-0.3, -0.25) is 30.3 Å². The fourth-order valence-electron chi connectivity index (χ4n) is 6.63. The first-order chi connectivity index (χ1) is 16.1. The summed E-state index contributed by atoms with van der Waals surface area (Å²) in [4.78, 5) is 53.9. The van der Waals surface area contributed by atoms with Crippen LogP contribution < -0.4 is 26.2 Å². The highest BCUT2D eigenvalue weighted by molar-refractivity contribution is 6.20. The Morgan fingerprint density at radius 3 is 2.35 bits per heavy atom. The first kappa shape index (κ1) is 21.3. The van der Waals surface area contributed by atoms with Gasteiger partial charge in [0.1, 0.15) is 5.69 Å². The minimum atomic E-state index is -1.65. The molecule has 0 aromatic heterocycles. The van der Waals surface area contributed by atoms with Gasteiger partial charge >= 0.3 is 6.03 Å². The summed E-state index contributed by atoms with van der Waals surface area (Å²) < 4.78 is 6.03. The van der Waals surface area contributed by atoms with Crippen LogP contribution in [0, 0.1) is 27.4 Å². The Hall–Kier alpha value is -3.25. The van der Waals surface area contributed by atoms with Gasteiger partial charge < -0.3 is 20.3 Å². The van der Waals surface area contributed by atoms with E-state index in [1.807, 2.05) is 22.8 Å². The van der Waals surface area contributed by atoms with Crippen LogP contribution in [0.1, 0.15) is 19.4 Å². The van der Waals surface area contributed by atoms with Gasteiger partial charge in [0.15, 0.2) is 5.41 Å². The second-order valence-corrected chi connectivity index (χ2v) is 10.2. The van der Waals surface area contributed by atoms with Crippen LogP contribution in [0.25, 0.3) is 0 Å². The van der Waals surface area contributed by atoms with E-state index in [0.29, 0.717) is 42.7 Å². The number of nitrogens with two attached hydrogens (primary N) is 1. The number of morpholine rings is 1. The number of barbiturate groups is 1. The predicted octanol–water partition coefficient (Wildman–Crippen LogP) is -0.121. The van der Waals surface area contributed by atoms with Crippen LogP contribution in [0.15, 0.2) is 12.1 Å². The maximum Gasteiger partial charge on any atom is 0.328 e. The second-order valence-electron chi connectivity index (χ2n) is 10.2. The molecule has 4 amide bonds. The van der Waals surface area contributed by atoms with Gasteiger partial charge in [0, 0.05) is 43.9 Å². The molecule has 4 heterocycles. The number of carbonyl (C=O) groups is 3. The Bertz CT molecular complexity index is 1120. The highest BCUT2D eigenvalue weighted by Crippen LogP contribution is 2.52. The van der Waals surface area contributed by atoms with Crippen molar-refractivity contribution < 1.29 is 24.0 Å². The molecule has 4 aliphatic heterocycles. The number of anilines is 2. The standard InChI is InChI=1S/C22H26N6O6/c1-9-6-27-14-4-15(26-7-12-13(8-26)17(12)23)16(28(32)33)3-11(14)5-22(18(27)10(2)34-9)19(29)24-21(31)25-20(22)30/h3-4,9-10,12-13,17-18H,5-8,23H2,1-2H3,(H2,24,25,29,30,31)/t9-,10+,12-,13+,17+,18-/m1/s1. The molecule has 1 saturated carbocycles. The predicted molar refractivity (Wildman–Crippen MR) is 119 cm³/mol. The minimum Gasteiger partial charge on any atom is -0.372 e. The number of hydrogen-bond donors (Lipinski definition) is 3. The normalized spacial score (nSPS) is 35.3. The molecule has 0 unspecified atom stereocenters. The smallest absolute Gasteiger partial charge is 0.328 e. The molecule has 5 aliphatic rings. The summed E-state index contributed by atoms with van der Waals surface area (Å²) in [5, 5.41) is 16.5. The van der Waals surface area contributed by atoms with E-state index in [1.54, 1.807) is 6.92 Å². The maximum atomic E-state index is 13.2. The number of ether oxygens (including phenoxy) is 1. The van der Waals surface area contributed by atoms with Crippen LogP contribution in [0.4, 0.5) is 21.9 Å². The lowest BCUT2D eigenvalue weighted by molar-refractivity contribution is -0.384. The van der Waals surface area contributed by atoms with Crippen molar-refractivity contribution in [1.82, 2.24) is 10.6 Å². The van der Waals surface area contributed by atoms with Gasteiger partial charge in [0.25, 0.3) is 5.69 Å². The molecule has 1 spiro atoms. The zero-order valence-electron chi connectivity index (χ0n) is 18.8. The molecule has 4 fully saturated rings. The largest absolute Gasteiger partial charge is 0.372 e. The van der Waals surface area contributed by atoms with E-state index in [2.05, 4.69) is 10.6 Å². The Morgan fingerprint density at radius 2 is 1.74 bits per heavy atom. The van der Waals surface area contributed by atoms with Crippen molar-refractivity contribution >= 4 is 34.9 Å². The lowest BCUT2D eigenvalue weighted by Gasteiger charge is -2.55. The van der Waals surface area contributed by atoms with E-state index >= 15 is 0 Å². The summed E-state index contributed by atoms with van der Waals surface area (Å²) in [6.45, 7) is 5.44. The van der Waals surface area contributed by atoms with E-state index in [1.165, 1.54) is 6.07 Å². The van der Waals surface area contributed by atoms with E-state index < -0.39 is 40.3 Å². The van der Waals surface area contributed by atoms with Crippen molar-refractivity contribution in [3.05, 3.63) is 27.8 Å². The Balaban J connectivity index is 1.50. The zero-order chi connectivity index (χ0) is 24.1. The summed E-state index contributed by atoms with van der Waals surface area (Å²) in [7, 11) is 0. The fraction of sp³-hybridized carbons (Fsp3) is 0.591. The lowest BCUT2D eigenvalue weighted by Crippen LogP contribution is -2.75. The lowest BCUT2D eigenvalue weighted by atomic mass is 9.66. The third kappa shape index (κ3) is 2.75. The Labute approximate surface area is 194 Å². The molecule has 180 valence electrons. The molecule has 1 aromatic rings. The first-order valence-corrected chi connectivity index (χ1v) is 11.5. The number of rotatable bonds is 2. The van der Waals surface area contributed by atoms with Gasteiger partial charge in [-0.05, 0) is 37.3 Å². The van der Waals surface area contributed by atoms with Crippen LogP contribution in [-0.2, 0) is 20.7 Å². The van der Waals surface area contributed by atoms with Crippen molar-refractivity contribution in [2.24, 2.45) is 23.0 Å². The van der Waals surface area contributed by atoms with Gasteiger partial charge in [-0.15, -0.1) is 0 Å². The highest BCUT2D eigenvalue weighted by Gasteiger charge is 2.63. The average molecular weight is 470 g/mol. The molecular formula is C22H26N6O6. The first-order valence-electron chi connectivity index (χ1n) is 11.5. The molecule has 1 aliphatic carbocycles. The molecule has 1 aromatic carbocycles. The number of hydrogen-bond acceptors (Lipinski definition) is 9. The highest BCUT2D eigenvalue weighted by atomic mass is 16.6. The molecule has 3 saturated heterocycles. The van der Waals surface area contributed by atoms with Crippen LogP contribution in [0.3, 0.4) is 0 Å². The molecule has 6 rings (SSSR count). The van der Waals surface area contributed by atoms with Crippen molar-refractivity contribution in [2.75, 3.05) is 29.4 Å². The zero-order valence-corrected chi connectivity index (χ0v) is 18.8. The number of nitro benzene ring substituents is 1. The second kappa shape index (κ2) is 6.89. The van der Waals surface area contributed by atoms with E-state index in [0.717, 1.165) is 5.69 Å². The molecule has 12 nitrogen and oxygen atoms in total. The SMILES string of the molecule is C[C@@H]1CN2c3cc(N4C[C@@H]5[C@@H](N)[C@@H]5C4)c([N+](=O)[O-])cc3CC3(C(=O)NC(=O)NC3=O)[C@H]2[C@H](C)O1. The summed E-state index contributed by atoms with van der Waals surface area (Å²) >= 11 is 0. The Kier molecular flexibility index (Phi) is 4.31. The monoisotopic (exact) mass is 470 g/mol. The molecule has 0 radical (unpaired) electrons. The fourth-order valence-corrected chi connectivity index (χ4v) is 6.63. The third-order valence-corrected chi connectivity index (χ3v) is 8.20. The molecule has 12 heteroatoms. The minimum absolute atomic E-state index is 0.0655. The summed E-state index contributed by atoms with van der Waals surface area (Å²) in [6.07, 6.45) is -0.771. The quantitative estimate of drug-likeness (QED) is 0.304. The van der Waals surface area contributed by atoms with Crippen LogP contribution in [0.2, 0.25) is 0 Å². The van der Waals surface area contributed by atoms with Crippen molar-refractivity contribution in [3.8, 4) is 0 Å². The van der Waals surface area contributed by atoms with Crippen LogP contribution >= 0.6 is 0 Å². The number of urea groups is 1. The summed E-state index contributed by atoms with van der Waals surface area (Å²) in [5.41, 5.74) is 6.15. The van der Waals surface area contributed by atoms with Crippen LogP contribution in [-0.4, -0.2) is 66.7 Å². The van der Waals surface area contributed by atoms with Crippen molar-refractivity contribution in [2.45, 2.75) is 44.6 Å². The van der Waals surface area contributed by atoms with E-state index in [4.69, 9.17) is 10.5 Å². The Morgan fingerprint density at radius 1 is 1.09 bits per heavy atom. The molecular weight excluding hydrogens is 444 g/mol. The molecule has 6 atom stereocenters. The van der Waals surface area contributed by atoms with Crippen molar-refractivity contribution in [3.63, 3.8) is 0 Å². The number of benzene rings is 1. The number of carbonyl (C=O) groups excluding carboxylic acids is 3.